The van der Waals surface area contributed by atoms with Gasteiger partial charge < -0.3 is 0 Å². The van der Waals surface area contributed by atoms with Gasteiger partial charge in [0.2, 0.25) is 0 Å². The molecule has 1 aromatic carbocycles. The molecule has 0 spiro atoms. The fourth-order valence-electron chi connectivity index (χ4n) is 1.55. The highest BCUT2D eigenvalue weighted by molar-refractivity contribution is 8.02. The van der Waals surface area contributed by atoms with Crippen molar-refractivity contribution in [3.63, 3.8) is 0 Å². The molecule has 0 fully saturated rings. The minimum absolute atomic E-state index is 0.137. The molecule has 1 atom stereocenters. The summed E-state index contributed by atoms with van der Waals surface area (Å²) in [6, 6.07) is 5.83. The average molecular weight is 278 g/mol. The predicted molar refractivity (Wildman–Crippen MR) is 75.5 cm³/mol. The predicted octanol–water partition coefficient (Wildman–Crippen LogP) is 3.52. The molecule has 0 aliphatic heterocycles. The van der Waals surface area contributed by atoms with Crippen molar-refractivity contribution in [2.75, 3.05) is 0 Å². The number of aromatic nitrogens is 2. The van der Waals surface area contributed by atoms with E-state index in [0.717, 1.165) is 15.5 Å². The van der Waals surface area contributed by atoms with Crippen LogP contribution in [0.25, 0.3) is 0 Å². The van der Waals surface area contributed by atoms with Gasteiger partial charge in [-0.15, -0.1) is 10.2 Å². The van der Waals surface area contributed by atoms with E-state index in [1.165, 1.54) is 28.7 Å². The molecule has 0 aliphatic rings. The molecule has 0 bridgehead atoms. The lowest BCUT2D eigenvalue weighted by molar-refractivity contribution is 0.0994. The molecule has 1 heterocycles. The Morgan fingerprint density at radius 3 is 2.72 bits per heavy atom. The largest absolute Gasteiger partial charge is 0.293 e. The van der Waals surface area contributed by atoms with Crippen LogP contribution in [0.5, 0.6) is 0 Å². The highest BCUT2D eigenvalue weighted by atomic mass is 32.2. The Labute approximate surface area is 115 Å². The van der Waals surface area contributed by atoms with E-state index in [0.29, 0.717) is 0 Å². The van der Waals surface area contributed by atoms with Crippen molar-refractivity contribution in [1.82, 2.24) is 10.2 Å². The fourth-order valence-corrected chi connectivity index (χ4v) is 3.25. The Kier molecular flexibility index (Phi) is 4.14. The zero-order valence-corrected chi connectivity index (χ0v) is 12.1. The van der Waals surface area contributed by atoms with E-state index in [-0.39, 0.29) is 11.0 Å². The van der Waals surface area contributed by atoms with Gasteiger partial charge >= 0.3 is 0 Å². The summed E-state index contributed by atoms with van der Waals surface area (Å²) >= 11 is 2.92. The summed E-state index contributed by atoms with van der Waals surface area (Å²) in [5.74, 6) is 0.137. The molecule has 1 unspecified atom stereocenters. The van der Waals surface area contributed by atoms with E-state index in [1.807, 2.05) is 39.0 Å². The number of carbonyl (C=O) groups excluding carboxylic acids is 1. The smallest absolute Gasteiger partial charge is 0.175 e. The first-order valence-electron chi connectivity index (χ1n) is 5.62. The highest BCUT2D eigenvalue weighted by Crippen LogP contribution is 2.26. The maximum atomic E-state index is 12.3. The van der Waals surface area contributed by atoms with Gasteiger partial charge in [-0.3, -0.25) is 4.79 Å². The summed E-state index contributed by atoms with van der Waals surface area (Å²) in [5, 5.41) is 7.57. The van der Waals surface area contributed by atoms with Crippen molar-refractivity contribution in [3.05, 3.63) is 40.4 Å². The molecule has 1 aromatic heterocycles. The molecule has 0 saturated heterocycles. The zero-order valence-electron chi connectivity index (χ0n) is 10.5. The van der Waals surface area contributed by atoms with Crippen LogP contribution in [-0.4, -0.2) is 21.2 Å². The Morgan fingerprint density at radius 2 is 2.11 bits per heavy atom. The third kappa shape index (κ3) is 2.97. The Hall–Kier alpha value is -1.20. The molecule has 0 saturated carbocycles. The third-order valence-electron chi connectivity index (χ3n) is 2.78. The molecule has 3 nitrogen and oxygen atoms in total. The summed E-state index contributed by atoms with van der Waals surface area (Å²) < 4.78 is 0.833. The number of thioether (sulfide) groups is 1. The van der Waals surface area contributed by atoms with Crippen molar-refractivity contribution in [3.8, 4) is 0 Å². The second-order valence-electron chi connectivity index (χ2n) is 4.13. The molecular weight excluding hydrogens is 264 g/mol. The molecular formula is C13H14N2OS2. The van der Waals surface area contributed by atoms with Crippen molar-refractivity contribution in [1.29, 1.82) is 0 Å². The summed E-state index contributed by atoms with van der Waals surface area (Å²) in [5.41, 5.74) is 4.79. The first kappa shape index (κ1) is 13.2. The molecule has 5 heteroatoms. The quantitative estimate of drug-likeness (QED) is 0.634. The lowest BCUT2D eigenvalue weighted by atomic mass is 10.0. The summed E-state index contributed by atoms with van der Waals surface area (Å²) in [6.45, 7) is 5.97. The molecule has 94 valence electrons. The second kappa shape index (κ2) is 5.63. The van der Waals surface area contributed by atoms with Crippen molar-refractivity contribution >= 4 is 28.9 Å². The Balaban J connectivity index is 2.12. The van der Waals surface area contributed by atoms with E-state index in [4.69, 9.17) is 0 Å². The first-order valence-corrected chi connectivity index (χ1v) is 7.38. The molecule has 0 amide bonds. The van der Waals surface area contributed by atoms with Crippen LogP contribution in [0.1, 0.15) is 28.4 Å². The maximum Gasteiger partial charge on any atom is 0.175 e. The van der Waals surface area contributed by atoms with Crippen molar-refractivity contribution < 1.29 is 4.79 Å². The van der Waals surface area contributed by atoms with Gasteiger partial charge in [0.05, 0.1) is 5.25 Å². The Bertz CT molecular complexity index is 552. The lowest BCUT2D eigenvalue weighted by Crippen LogP contribution is -2.13. The molecule has 2 rings (SSSR count). The van der Waals surface area contributed by atoms with Crippen LogP contribution >= 0.6 is 23.1 Å². The normalized spacial score (nSPS) is 12.4. The van der Waals surface area contributed by atoms with Gasteiger partial charge in [-0.1, -0.05) is 35.2 Å². The van der Waals surface area contributed by atoms with Gasteiger partial charge in [0.15, 0.2) is 10.1 Å². The van der Waals surface area contributed by atoms with Crippen LogP contribution in [0.4, 0.5) is 0 Å². The lowest BCUT2D eigenvalue weighted by Gasteiger charge is -2.09. The van der Waals surface area contributed by atoms with E-state index in [2.05, 4.69) is 10.2 Å². The summed E-state index contributed by atoms with van der Waals surface area (Å²) in [6.07, 6.45) is 0. The van der Waals surface area contributed by atoms with Crippen LogP contribution in [-0.2, 0) is 0 Å². The maximum absolute atomic E-state index is 12.3. The fraction of sp³-hybridized carbons (Fsp3) is 0.308. The van der Waals surface area contributed by atoms with E-state index in [1.54, 1.807) is 5.51 Å². The zero-order chi connectivity index (χ0) is 13.1. The number of benzene rings is 1. The van der Waals surface area contributed by atoms with Crippen molar-refractivity contribution in [2.24, 2.45) is 0 Å². The van der Waals surface area contributed by atoms with E-state index in [9.17, 15) is 4.79 Å². The van der Waals surface area contributed by atoms with Crippen molar-refractivity contribution in [2.45, 2.75) is 30.4 Å². The van der Waals surface area contributed by atoms with Crippen LogP contribution in [0.15, 0.2) is 28.0 Å². The molecule has 18 heavy (non-hydrogen) atoms. The van der Waals surface area contributed by atoms with Gasteiger partial charge in [0.25, 0.3) is 0 Å². The molecule has 2 aromatic rings. The second-order valence-corrected chi connectivity index (χ2v) is 6.55. The van der Waals surface area contributed by atoms with Gasteiger partial charge in [-0.05, 0) is 38.0 Å². The molecule has 0 N–H and O–H groups in total. The van der Waals surface area contributed by atoms with Gasteiger partial charge in [0, 0.05) is 5.56 Å². The number of carbonyl (C=O) groups is 1. The number of Topliss-reactive ketones (excluding diaryl/α,β-unsaturated/α-hetero) is 1. The first-order chi connectivity index (χ1) is 8.58. The van der Waals surface area contributed by atoms with Gasteiger partial charge in [0.1, 0.15) is 5.51 Å². The minimum Gasteiger partial charge on any atom is -0.293 e. The van der Waals surface area contributed by atoms with Crippen LogP contribution in [0.2, 0.25) is 0 Å². The average Bonchev–Trinajstić information content (AvgIpc) is 2.84. The Morgan fingerprint density at radius 1 is 1.33 bits per heavy atom. The summed E-state index contributed by atoms with van der Waals surface area (Å²) in [4.78, 5) is 12.3. The topological polar surface area (TPSA) is 42.9 Å². The molecule has 0 aliphatic carbocycles. The number of aryl methyl sites for hydroxylation is 2. The highest BCUT2D eigenvalue weighted by Gasteiger charge is 2.18. The number of hydrogen-bond acceptors (Lipinski definition) is 5. The standard InChI is InChI=1S/C13H14N2OS2/c1-8-4-5-11(6-9(8)2)12(16)10(3)18-13-15-14-7-17-13/h4-7,10H,1-3H3. The van der Waals surface area contributed by atoms with Crippen LogP contribution in [0, 0.1) is 13.8 Å². The SMILES string of the molecule is Cc1ccc(C(=O)C(C)Sc2nncs2)cc1C. The van der Waals surface area contributed by atoms with E-state index >= 15 is 0 Å². The number of rotatable bonds is 4. The monoisotopic (exact) mass is 278 g/mol. The van der Waals surface area contributed by atoms with Crippen LogP contribution < -0.4 is 0 Å². The third-order valence-corrected chi connectivity index (χ3v) is 4.69. The minimum atomic E-state index is -0.139. The number of ketones is 1. The van der Waals surface area contributed by atoms with E-state index < -0.39 is 0 Å². The number of hydrogen-bond donors (Lipinski definition) is 0. The van der Waals surface area contributed by atoms with Gasteiger partial charge in [-0.25, -0.2) is 0 Å². The van der Waals surface area contributed by atoms with Crippen LogP contribution in [0.3, 0.4) is 0 Å². The number of nitrogens with zero attached hydrogens (tertiary/aromatic N) is 2. The summed E-state index contributed by atoms with van der Waals surface area (Å²) in [7, 11) is 0. The molecule has 0 radical (unpaired) electrons. The van der Waals surface area contributed by atoms with Gasteiger partial charge in [-0.2, -0.15) is 0 Å².